The molecule has 0 atom stereocenters. The maximum absolute atomic E-state index is 13.0. The van der Waals surface area contributed by atoms with Crippen molar-refractivity contribution in [1.82, 2.24) is 9.21 Å². The Hall–Kier alpha value is -2.15. The van der Waals surface area contributed by atoms with Crippen LogP contribution < -0.4 is 0 Å². The van der Waals surface area contributed by atoms with Crippen molar-refractivity contribution in [2.24, 2.45) is 0 Å². The molecular weight excluding hydrogens is 352 g/mol. The number of carbonyl (C=O) groups excluding carboxylic acids is 2. The average molecular weight is 374 g/mol. The van der Waals surface area contributed by atoms with E-state index in [9.17, 15) is 18.0 Å². The first-order valence-electron chi connectivity index (χ1n) is 9.10. The van der Waals surface area contributed by atoms with Crippen molar-refractivity contribution in [3.63, 3.8) is 0 Å². The molecular formula is C19H22N2O4S. The van der Waals surface area contributed by atoms with Gasteiger partial charge < -0.3 is 4.90 Å². The Morgan fingerprint density at radius 1 is 1.23 bits per heavy atom. The molecule has 0 aromatic heterocycles. The van der Waals surface area contributed by atoms with Crippen LogP contribution in [0.3, 0.4) is 0 Å². The van der Waals surface area contributed by atoms with Crippen LogP contribution >= 0.6 is 0 Å². The predicted octanol–water partition coefficient (Wildman–Crippen LogP) is 2.56. The lowest BCUT2D eigenvalue weighted by atomic mass is 10.1. The molecule has 1 aliphatic heterocycles. The highest BCUT2D eigenvalue weighted by Gasteiger charge is 2.49. The smallest absolute Gasteiger partial charge is 0.269 e. The monoisotopic (exact) mass is 374 g/mol. The number of rotatable bonds is 5. The largest absolute Gasteiger partial charge is 0.332 e. The van der Waals surface area contributed by atoms with Crippen LogP contribution in [-0.2, 0) is 10.0 Å². The van der Waals surface area contributed by atoms with Gasteiger partial charge in [0.15, 0.2) is 0 Å². The first-order valence-corrected chi connectivity index (χ1v) is 10.5. The van der Waals surface area contributed by atoms with Crippen LogP contribution in [0.2, 0.25) is 0 Å². The molecule has 3 aliphatic rings. The highest BCUT2D eigenvalue weighted by molar-refractivity contribution is 7.90. The quantitative estimate of drug-likeness (QED) is 0.743. The van der Waals surface area contributed by atoms with Crippen molar-refractivity contribution in [2.75, 3.05) is 6.54 Å². The van der Waals surface area contributed by atoms with Gasteiger partial charge in [-0.1, -0.05) is 18.9 Å². The van der Waals surface area contributed by atoms with E-state index in [0.717, 1.165) is 30.0 Å². The van der Waals surface area contributed by atoms with E-state index in [-0.39, 0.29) is 28.4 Å². The van der Waals surface area contributed by atoms with Gasteiger partial charge in [-0.3, -0.25) is 9.59 Å². The zero-order chi connectivity index (χ0) is 18.5. The molecule has 0 saturated heterocycles. The summed E-state index contributed by atoms with van der Waals surface area (Å²) in [6.07, 6.45) is 7.20. The summed E-state index contributed by atoms with van der Waals surface area (Å²) in [5.74, 6) is -0.674. The van der Waals surface area contributed by atoms with Crippen LogP contribution in [0.1, 0.15) is 59.2 Å². The molecule has 2 saturated carbocycles. The molecule has 2 amide bonds. The van der Waals surface area contributed by atoms with Crippen molar-refractivity contribution in [3.8, 4) is 0 Å². The zero-order valence-electron chi connectivity index (χ0n) is 14.6. The van der Waals surface area contributed by atoms with Gasteiger partial charge in [0, 0.05) is 24.2 Å². The van der Waals surface area contributed by atoms with Crippen LogP contribution in [0, 0.1) is 0 Å². The molecule has 7 heteroatoms. The predicted molar refractivity (Wildman–Crippen MR) is 96.3 cm³/mol. The SMILES string of the molecule is C=CCN(C(=O)c1ccc2c(c1)S(=O)(=O)N(C1CC1)C2=O)C1CCCC1. The molecule has 0 N–H and O–H groups in total. The second kappa shape index (κ2) is 6.23. The minimum atomic E-state index is -3.85. The number of sulfonamides is 1. The van der Waals surface area contributed by atoms with Gasteiger partial charge in [-0.25, -0.2) is 12.7 Å². The Morgan fingerprint density at radius 3 is 2.54 bits per heavy atom. The summed E-state index contributed by atoms with van der Waals surface area (Å²) in [4.78, 5) is 27.2. The Bertz CT molecular complexity index is 883. The van der Waals surface area contributed by atoms with Crippen LogP contribution in [0.4, 0.5) is 0 Å². The lowest BCUT2D eigenvalue weighted by molar-refractivity contribution is 0.0705. The van der Waals surface area contributed by atoms with E-state index in [1.54, 1.807) is 17.0 Å². The third kappa shape index (κ3) is 2.65. The second-order valence-corrected chi connectivity index (χ2v) is 9.02. The molecule has 4 rings (SSSR count). The molecule has 0 radical (unpaired) electrons. The molecule has 1 aromatic carbocycles. The Morgan fingerprint density at radius 2 is 1.92 bits per heavy atom. The van der Waals surface area contributed by atoms with Crippen LogP contribution in [0.5, 0.6) is 0 Å². The zero-order valence-corrected chi connectivity index (χ0v) is 15.4. The van der Waals surface area contributed by atoms with E-state index in [1.165, 1.54) is 12.1 Å². The maximum Gasteiger partial charge on any atom is 0.269 e. The fraction of sp³-hybridized carbons (Fsp3) is 0.474. The molecule has 1 aromatic rings. The fourth-order valence-electron chi connectivity index (χ4n) is 3.97. The summed E-state index contributed by atoms with van der Waals surface area (Å²) >= 11 is 0. The Labute approximate surface area is 153 Å². The summed E-state index contributed by atoms with van der Waals surface area (Å²) in [6.45, 7) is 4.17. The molecule has 138 valence electrons. The standard InChI is InChI=1S/C19H22N2O4S/c1-2-11-20(14-5-3-4-6-14)18(22)13-7-10-16-17(12-13)26(24,25)21(19(16)23)15-8-9-15/h2,7,10,12,14-15H,1,3-6,8-9,11H2. The minimum absolute atomic E-state index is 0.0368. The van der Waals surface area contributed by atoms with Gasteiger partial charge >= 0.3 is 0 Å². The summed E-state index contributed by atoms with van der Waals surface area (Å²) in [7, 11) is -3.85. The first kappa shape index (κ1) is 17.3. The summed E-state index contributed by atoms with van der Waals surface area (Å²) < 4.78 is 26.5. The van der Waals surface area contributed by atoms with Crippen LogP contribution in [0.25, 0.3) is 0 Å². The minimum Gasteiger partial charge on any atom is -0.332 e. The topological polar surface area (TPSA) is 74.8 Å². The van der Waals surface area contributed by atoms with Gasteiger partial charge in [-0.05, 0) is 43.9 Å². The normalized spacial score (nSPS) is 21.7. The van der Waals surface area contributed by atoms with Gasteiger partial charge in [-0.2, -0.15) is 0 Å². The third-order valence-corrected chi connectivity index (χ3v) is 7.30. The number of nitrogens with zero attached hydrogens (tertiary/aromatic N) is 2. The lowest BCUT2D eigenvalue weighted by Gasteiger charge is -2.28. The molecule has 2 aliphatic carbocycles. The van der Waals surface area contributed by atoms with E-state index in [4.69, 9.17) is 0 Å². The number of benzene rings is 1. The van der Waals surface area contributed by atoms with Crippen LogP contribution in [0.15, 0.2) is 35.7 Å². The first-order chi connectivity index (χ1) is 12.4. The van der Waals surface area contributed by atoms with Gasteiger partial charge in [0.05, 0.1) is 5.56 Å². The molecule has 6 nitrogen and oxygen atoms in total. The van der Waals surface area contributed by atoms with Crippen molar-refractivity contribution in [3.05, 3.63) is 42.0 Å². The summed E-state index contributed by atoms with van der Waals surface area (Å²) in [5.41, 5.74) is 0.483. The Balaban J connectivity index is 1.69. The molecule has 0 bridgehead atoms. The van der Waals surface area contributed by atoms with Gasteiger partial charge in [0.25, 0.3) is 21.8 Å². The van der Waals surface area contributed by atoms with E-state index in [1.807, 2.05) is 0 Å². The van der Waals surface area contributed by atoms with Crippen molar-refractivity contribution in [1.29, 1.82) is 0 Å². The number of fused-ring (bicyclic) bond motifs is 1. The Kier molecular flexibility index (Phi) is 4.14. The van der Waals surface area contributed by atoms with Gasteiger partial charge in [0.2, 0.25) is 0 Å². The van der Waals surface area contributed by atoms with Crippen LogP contribution in [-0.4, -0.2) is 48.1 Å². The number of carbonyl (C=O) groups is 2. The highest BCUT2D eigenvalue weighted by atomic mass is 32.2. The third-order valence-electron chi connectivity index (χ3n) is 5.43. The molecule has 2 fully saturated rings. The van der Waals surface area contributed by atoms with E-state index < -0.39 is 15.9 Å². The fourth-order valence-corrected chi connectivity index (χ4v) is 5.81. The lowest BCUT2D eigenvalue weighted by Crippen LogP contribution is -2.39. The summed E-state index contributed by atoms with van der Waals surface area (Å²) in [6, 6.07) is 4.35. The maximum atomic E-state index is 13.0. The molecule has 1 heterocycles. The van der Waals surface area contributed by atoms with Gasteiger partial charge in [0.1, 0.15) is 4.90 Å². The highest BCUT2D eigenvalue weighted by Crippen LogP contribution is 2.40. The second-order valence-electron chi connectivity index (χ2n) is 7.23. The van der Waals surface area contributed by atoms with Gasteiger partial charge in [-0.15, -0.1) is 6.58 Å². The average Bonchev–Trinajstić information content (AvgIpc) is 3.24. The number of hydrogen-bond donors (Lipinski definition) is 0. The van der Waals surface area contributed by atoms with Crippen molar-refractivity contribution in [2.45, 2.75) is 55.5 Å². The molecule has 26 heavy (non-hydrogen) atoms. The molecule has 0 spiro atoms. The van der Waals surface area contributed by atoms with E-state index in [2.05, 4.69) is 6.58 Å². The van der Waals surface area contributed by atoms with Crippen molar-refractivity contribution >= 4 is 21.8 Å². The molecule has 0 unspecified atom stereocenters. The van der Waals surface area contributed by atoms with E-state index in [0.29, 0.717) is 24.9 Å². The summed E-state index contributed by atoms with van der Waals surface area (Å²) in [5, 5.41) is 0. The van der Waals surface area contributed by atoms with Crippen molar-refractivity contribution < 1.29 is 18.0 Å². The number of hydrogen-bond acceptors (Lipinski definition) is 4. The van der Waals surface area contributed by atoms with E-state index >= 15 is 0 Å². The number of amides is 2.